The third kappa shape index (κ3) is 4.45. The van der Waals surface area contributed by atoms with Crippen molar-refractivity contribution in [2.45, 2.75) is 6.42 Å². The molecule has 0 N–H and O–H groups in total. The zero-order valence-corrected chi connectivity index (χ0v) is 25.7. The first-order chi connectivity index (χ1) is 23.2. The molecule has 1 aliphatic rings. The van der Waals surface area contributed by atoms with E-state index < -0.39 is 0 Å². The molecular weight excluding hydrogens is 573 g/mol. The van der Waals surface area contributed by atoms with E-state index in [-0.39, 0.29) is 0 Å². The van der Waals surface area contributed by atoms with Crippen LogP contribution in [-0.2, 0) is 6.42 Å². The second-order valence-corrected chi connectivity index (χ2v) is 11.9. The van der Waals surface area contributed by atoms with Crippen LogP contribution in [0.25, 0.3) is 72.6 Å². The minimum absolute atomic E-state index is 0.651. The van der Waals surface area contributed by atoms with Crippen LogP contribution >= 0.6 is 0 Å². The summed E-state index contributed by atoms with van der Waals surface area (Å²) in [6.45, 7) is 4.48. The van der Waals surface area contributed by atoms with Gasteiger partial charge in [-0.05, 0) is 60.1 Å². The monoisotopic (exact) mass is 602 g/mol. The van der Waals surface area contributed by atoms with E-state index in [9.17, 15) is 0 Å². The highest BCUT2D eigenvalue weighted by molar-refractivity contribution is 6.10. The van der Waals surface area contributed by atoms with Crippen LogP contribution in [0.4, 0.5) is 0 Å². The fourth-order valence-electron chi connectivity index (χ4n) is 7.02. The molecule has 0 saturated heterocycles. The molecule has 5 aromatic carbocycles. The summed E-state index contributed by atoms with van der Waals surface area (Å²) in [6, 6.07) is 44.4. The van der Waals surface area contributed by atoms with E-state index in [1.54, 1.807) is 0 Å². The highest BCUT2D eigenvalue weighted by atomic mass is 15.2. The van der Waals surface area contributed by atoms with Crippen molar-refractivity contribution in [3.05, 3.63) is 175 Å². The topological polar surface area (TPSA) is 35.6 Å². The second kappa shape index (κ2) is 11.0. The van der Waals surface area contributed by atoms with Crippen LogP contribution in [0, 0.1) is 0 Å². The van der Waals surface area contributed by atoms with Crippen LogP contribution in [0.3, 0.4) is 0 Å². The number of fused-ring (bicyclic) bond motifs is 7. The SMILES string of the molecule is C=C1/C=C\c2c(c3ccccc3n2-c2nc(-c3ccccc3)c3ccccc3n2)C/C=C\C(n2c3ccccc3c3ccccc32)=C/1. The Labute approximate surface area is 272 Å². The highest BCUT2D eigenvalue weighted by Gasteiger charge is 2.20. The maximum absolute atomic E-state index is 5.25. The number of nitrogens with zero attached hydrogens (tertiary/aromatic N) is 4. The molecule has 8 aromatic rings. The number of para-hydroxylation sites is 4. The highest BCUT2D eigenvalue weighted by Crippen LogP contribution is 2.36. The van der Waals surface area contributed by atoms with Crippen molar-refractivity contribution in [3.63, 3.8) is 0 Å². The molecule has 47 heavy (non-hydrogen) atoms. The number of rotatable bonds is 3. The van der Waals surface area contributed by atoms with E-state index in [2.05, 4.69) is 155 Å². The van der Waals surface area contributed by atoms with Crippen molar-refractivity contribution in [2.75, 3.05) is 0 Å². The van der Waals surface area contributed by atoms with Gasteiger partial charge in [0.05, 0.1) is 33.5 Å². The lowest BCUT2D eigenvalue weighted by molar-refractivity contribution is 0.965. The van der Waals surface area contributed by atoms with Gasteiger partial charge in [-0.2, -0.15) is 0 Å². The van der Waals surface area contributed by atoms with Gasteiger partial charge in [0.15, 0.2) is 0 Å². The maximum atomic E-state index is 5.25. The zero-order chi connectivity index (χ0) is 31.3. The first-order valence-corrected chi connectivity index (χ1v) is 15.9. The van der Waals surface area contributed by atoms with Gasteiger partial charge in [0, 0.05) is 32.8 Å². The quantitative estimate of drug-likeness (QED) is 0.202. The van der Waals surface area contributed by atoms with Gasteiger partial charge in [0.1, 0.15) is 0 Å². The molecule has 0 aliphatic heterocycles. The first-order valence-electron chi connectivity index (χ1n) is 15.9. The molecule has 0 amide bonds. The van der Waals surface area contributed by atoms with E-state index in [4.69, 9.17) is 9.97 Å². The van der Waals surface area contributed by atoms with Crippen LogP contribution in [-0.4, -0.2) is 19.1 Å². The summed E-state index contributed by atoms with van der Waals surface area (Å²) < 4.78 is 4.56. The van der Waals surface area contributed by atoms with E-state index in [1.165, 1.54) is 32.8 Å². The Hall–Kier alpha value is -6.26. The number of hydrogen-bond donors (Lipinski definition) is 0. The Morgan fingerprint density at radius 1 is 0.532 bits per heavy atom. The van der Waals surface area contributed by atoms with Gasteiger partial charge in [-0.25, -0.2) is 9.97 Å². The summed E-state index contributed by atoms with van der Waals surface area (Å²) in [5.74, 6) is 0.651. The van der Waals surface area contributed by atoms with Crippen molar-refractivity contribution in [1.82, 2.24) is 19.1 Å². The second-order valence-electron chi connectivity index (χ2n) is 11.9. The van der Waals surface area contributed by atoms with Crippen molar-refractivity contribution < 1.29 is 0 Å². The van der Waals surface area contributed by atoms with E-state index in [1.807, 2.05) is 18.2 Å². The molecule has 3 aromatic heterocycles. The van der Waals surface area contributed by atoms with Crippen molar-refractivity contribution >= 4 is 55.4 Å². The number of hydrogen-bond acceptors (Lipinski definition) is 2. The molecule has 0 fully saturated rings. The van der Waals surface area contributed by atoms with Gasteiger partial charge < -0.3 is 4.57 Å². The smallest absolute Gasteiger partial charge is 0.235 e. The third-order valence-corrected chi connectivity index (χ3v) is 9.10. The van der Waals surface area contributed by atoms with Gasteiger partial charge in [-0.1, -0.05) is 122 Å². The molecule has 0 atom stereocenters. The molecule has 0 bridgehead atoms. The van der Waals surface area contributed by atoms with E-state index in [0.29, 0.717) is 5.95 Å². The molecule has 9 rings (SSSR count). The fraction of sp³-hybridized carbons (Fsp3) is 0.0233. The van der Waals surface area contributed by atoms with Gasteiger partial charge in [-0.15, -0.1) is 0 Å². The molecule has 222 valence electrons. The van der Waals surface area contributed by atoms with Gasteiger partial charge in [0.25, 0.3) is 0 Å². The average Bonchev–Trinajstić information content (AvgIpc) is 3.63. The predicted octanol–water partition coefficient (Wildman–Crippen LogP) is 10.6. The summed E-state index contributed by atoms with van der Waals surface area (Å²) in [5.41, 5.74) is 10.6. The summed E-state index contributed by atoms with van der Waals surface area (Å²) in [7, 11) is 0. The van der Waals surface area contributed by atoms with Crippen LogP contribution in [0.2, 0.25) is 0 Å². The normalized spacial score (nSPS) is 15.9. The zero-order valence-electron chi connectivity index (χ0n) is 25.7. The summed E-state index contributed by atoms with van der Waals surface area (Å²) >= 11 is 0. The molecule has 0 spiro atoms. The maximum Gasteiger partial charge on any atom is 0.235 e. The summed E-state index contributed by atoms with van der Waals surface area (Å²) in [6.07, 6.45) is 11.7. The Morgan fingerprint density at radius 2 is 1.13 bits per heavy atom. The van der Waals surface area contributed by atoms with E-state index >= 15 is 0 Å². The fourth-order valence-corrected chi connectivity index (χ4v) is 7.02. The molecule has 0 unspecified atom stereocenters. The summed E-state index contributed by atoms with van der Waals surface area (Å²) in [5, 5.41) is 4.70. The van der Waals surface area contributed by atoms with Crippen molar-refractivity contribution in [2.24, 2.45) is 0 Å². The van der Waals surface area contributed by atoms with Crippen LogP contribution in [0.15, 0.2) is 164 Å². The molecule has 1 aliphatic carbocycles. The Balaban J connectivity index is 1.24. The Kier molecular flexibility index (Phi) is 6.32. The average molecular weight is 603 g/mol. The minimum Gasteiger partial charge on any atom is -0.309 e. The van der Waals surface area contributed by atoms with Gasteiger partial charge in [0.2, 0.25) is 5.95 Å². The number of benzene rings is 5. The minimum atomic E-state index is 0.651. The van der Waals surface area contributed by atoms with E-state index in [0.717, 1.165) is 51.1 Å². The standard InChI is InChI=1S/C43H30N4/c1-29-26-27-41-35(21-13-16-31(28-29)46-38-23-10-6-17-32(38)33-18-7-11-24-39(33)46)34-19-8-12-25-40(34)47(41)43-44-37-22-9-5-20-36(37)42(45-43)30-14-3-2-4-15-30/h2-20,22-28H,1,21H2/b16-13-,27-26-,31-28+. The van der Waals surface area contributed by atoms with Gasteiger partial charge in [-0.3, -0.25) is 4.57 Å². The van der Waals surface area contributed by atoms with Crippen molar-refractivity contribution in [3.8, 4) is 17.2 Å². The lowest BCUT2D eigenvalue weighted by atomic mass is 10.0. The van der Waals surface area contributed by atoms with Crippen LogP contribution < -0.4 is 0 Å². The third-order valence-electron chi connectivity index (χ3n) is 9.10. The number of allylic oxidation sites excluding steroid dienone is 6. The summed E-state index contributed by atoms with van der Waals surface area (Å²) in [4.78, 5) is 10.4. The first kappa shape index (κ1) is 27.1. The van der Waals surface area contributed by atoms with Crippen LogP contribution in [0.5, 0.6) is 0 Å². The largest absolute Gasteiger partial charge is 0.309 e. The molecule has 4 heteroatoms. The molecular formula is C43H30N4. The van der Waals surface area contributed by atoms with Crippen molar-refractivity contribution in [1.29, 1.82) is 0 Å². The predicted molar refractivity (Wildman–Crippen MR) is 197 cm³/mol. The molecule has 4 nitrogen and oxygen atoms in total. The molecule has 3 heterocycles. The molecule has 0 saturated carbocycles. The molecule has 0 radical (unpaired) electrons. The number of aromatic nitrogens is 4. The Bertz CT molecular complexity index is 2560. The Morgan fingerprint density at radius 3 is 1.85 bits per heavy atom. The van der Waals surface area contributed by atoms with Crippen LogP contribution in [0.1, 0.15) is 11.3 Å². The lowest BCUT2D eigenvalue weighted by Gasteiger charge is -2.13. The van der Waals surface area contributed by atoms with Gasteiger partial charge >= 0.3 is 0 Å². The lowest BCUT2D eigenvalue weighted by Crippen LogP contribution is -2.06.